The third-order valence-corrected chi connectivity index (χ3v) is 3.28. The fraction of sp³-hybridized carbons (Fsp3) is 0.500. The Morgan fingerprint density at radius 3 is 3.06 bits per heavy atom. The summed E-state index contributed by atoms with van der Waals surface area (Å²) in [5.41, 5.74) is 1.12. The van der Waals surface area contributed by atoms with E-state index in [9.17, 15) is 4.79 Å². The molecule has 0 aliphatic carbocycles. The first-order valence-electron chi connectivity index (χ1n) is 6.30. The molecule has 0 bridgehead atoms. The highest BCUT2D eigenvalue weighted by Gasteiger charge is 2.34. The summed E-state index contributed by atoms with van der Waals surface area (Å²) in [6, 6.07) is 7.65. The second-order valence-electron chi connectivity index (χ2n) is 4.36. The van der Waals surface area contributed by atoms with Gasteiger partial charge < -0.3 is 14.8 Å². The molecular weight excluding hydrogens is 230 g/mol. The first kappa shape index (κ1) is 12.9. The van der Waals surface area contributed by atoms with Crippen molar-refractivity contribution in [1.29, 1.82) is 0 Å². The third kappa shape index (κ3) is 2.64. The molecule has 2 rings (SSSR count). The van der Waals surface area contributed by atoms with Crippen molar-refractivity contribution < 1.29 is 14.3 Å². The molecule has 0 saturated carbocycles. The fourth-order valence-electron chi connectivity index (χ4n) is 2.41. The van der Waals surface area contributed by atoms with Crippen molar-refractivity contribution in [2.75, 3.05) is 20.3 Å². The van der Waals surface area contributed by atoms with Crippen LogP contribution >= 0.6 is 0 Å². The Kier molecular flexibility index (Phi) is 4.20. The molecule has 1 fully saturated rings. The van der Waals surface area contributed by atoms with Crippen LogP contribution in [0.2, 0.25) is 0 Å². The molecule has 4 nitrogen and oxygen atoms in total. The van der Waals surface area contributed by atoms with Crippen molar-refractivity contribution in [1.82, 2.24) is 5.32 Å². The van der Waals surface area contributed by atoms with Gasteiger partial charge in [-0.25, -0.2) is 0 Å². The molecule has 1 heterocycles. The van der Waals surface area contributed by atoms with Crippen molar-refractivity contribution in [3.05, 3.63) is 29.8 Å². The summed E-state index contributed by atoms with van der Waals surface area (Å²) in [7, 11) is 1.65. The molecule has 0 radical (unpaired) electrons. The number of benzene rings is 1. The smallest absolute Gasteiger partial charge is 0.323 e. The zero-order chi connectivity index (χ0) is 13.0. The summed E-state index contributed by atoms with van der Waals surface area (Å²) in [5, 5.41) is 3.21. The SMILES string of the molecule is CCOC(=O)[C@@H]1NCC[C@H]1c1cccc(OC)c1. The van der Waals surface area contributed by atoms with Gasteiger partial charge >= 0.3 is 5.97 Å². The minimum Gasteiger partial charge on any atom is -0.497 e. The predicted molar refractivity (Wildman–Crippen MR) is 68.8 cm³/mol. The van der Waals surface area contributed by atoms with Crippen molar-refractivity contribution in [3.8, 4) is 5.75 Å². The van der Waals surface area contributed by atoms with E-state index in [0.29, 0.717) is 6.61 Å². The van der Waals surface area contributed by atoms with E-state index < -0.39 is 0 Å². The Morgan fingerprint density at radius 1 is 1.50 bits per heavy atom. The quantitative estimate of drug-likeness (QED) is 0.825. The number of hydrogen-bond acceptors (Lipinski definition) is 4. The normalized spacial score (nSPS) is 22.8. The summed E-state index contributed by atoms with van der Waals surface area (Å²) >= 11 is 0. The number of nitrogens with one attached hydrogen (secondary N) is 1. The topological polar surface area (TPSA) is 47.6 Å². The first-order valence-corrected chi connectivity index (χ1v) is 6.30. The number of ether oxygens (including phenoxy) is 2. The van der Waals surface area contributed by atoms with E-state index >= 15 is 0 Å². The Balaban J connectivity index is 2.17. The van der Waals surface area contributed by atoms with Crippen molar-refractivity contribution >= 4 is 5.97 Å². The molecule has 2 atom stereocenters. The number of carbonyl (C=O) groups excluding carboxylic acids is 1. The van der Waals surface area contributed by atoms with Crippen LogP contribution in [-0.2, 0) is 9.53 Å². The molecule has 0 aromatic heterocycles. The fourth-order valence-corrected chi connectivity index (χ4v) is 2.41. The second kappa shape index (κ2) is 5.87. The summed E-state index contributed by atoms with van der Waals surface area (Å²) < 4.78 is 10.3. The summed E-state index contributed by atoms with van der Waals surface area (Å²) in [6.07, 6.45) is 0.941. The van der Waals surface area contributed by atoms with Gasteiger partial charge in [0.1, 0.15) is 11.8 Å². The maximum absolute atomic E-state index is 11.9. The summed E-state index contributed by atoms with van der Waals surface area (Å²) in [4.78, 5) is 11.9. The number of rotatable bonds is 4. The number of hydrogen-bond donors (Lipinski definition) is 1. The molecule has 18 heavy (non-hydrogen) atoms. The standard InChI is InChI=1S/C14H19NO3/c1-3-18-14(16)13-12(7-8-15-13)10-5-4-6-11(9-10)17-2/h4-6,9,12-13,15H,3,7-8H2,1-2H3/t12-,13+/m0/s1. The molecule has 98 valence electrons. The van der Waals surface area contributed by atoms with Gasteiger partial charge in [0, 0.05) is 5.92 Å². The third-order valence-electron chi connectivity index (χ3n) is 3.28. The lowest BCUT2D eigenvalue weighted by molar-refractivity contribution is -0.145. The lowest BCUT2D eigenvalue weighted by atomic mass is 9.92. The molecule has 4 heteroatoms. The molecule has 1 aliphatic heterocycles. The lowest BCUT2D eigenvalue weighted by Gasteiger charge is -2.18. The molecular formula is C14H19NO3. The van der Waals surface area contributed by atoms with Gasteiger partial charge in [-0.2, -0.15) is 0 Å². The minimum atomic E-state index is -0.239. The second-order valence-corrected chi connectivity index (χ2v) is 4.36. The molecule has 1 aromatic carbocycles. The lowest BCUT2D eigenvalue weighted by Crippen LogP contribution is -2.36. The van der Waals surface area contributed by atoms with Crippen LogP contribution in [0.3, 0.4) is 0 Å². The average Bonchev–Trinajstić information content (AvgIpc) is 2.88. The highest BCUT2D eigenvalue weighted by molar-refractivity contribution is 5.77. The maximum Gasteiger partial charge on any atom is 0.323 e. The zero-order valence-electron chi connectivity index (χ0n) is 10.8. The minimum absolute atomic E-state index is 0.164. The van der Waals surface area contributed by atoms with E-state index in [-0.39, 0.29) is 17.9 Å². The first-order chi connectivity index (χ1) is 8.76. The summed E-state index contributed by atoms with van der Waals surface area (Å²) in [5.74, 6) is 0.823. The van der Waals surface area contributed by atoms with E-state index in [2.05, 4.69) is 5.32 Å². The van der Waals surface area contributed by atoms with E-state index in [4.69, 9.17) is 9.47 Å². The van der Waals surface area contributed by atoms with Crippen LogP contribution < -0.4 is 10.1 Å². The van der Waals surface area contributed by atoms with E-state index in [1.165, 1.54) is 0 Å². The highest BCUT2D eigenvalue weighted by Crippen LogP contribution is 2.30. The van der Waals surface area contributed by atoms with Gasteiger partial charge in [0.15, 0.2) is 0 Å². The zero-order valence-corrected chi connectivity index (χ0v) is 10.8. The number of carbonyl (C=O) groups is 1. The largest absolute Gasteiger partial charge is 0.497 e. The van der Waals surface area contributed by atoms with Crippen LogP contribution in [0.4, 0.5) is 0 Å². The van der Waals surface area contributed by atoms with E-state index in [1.54, 1.807) is 7.11 Å². The Bertz CT molecular complexity index is 419. The predicted octanol–water partition coefficient (Wildman–Crippen LogP) is 1.70. The van der Waals surface area contributed by atoms with E-state index in [0.717, 1.165) is 24.3 Å². The maximum atomic E-state index is 11.9. The monoisotopic (exact) mass is 249 g/mol. The molecule has 0 unspecified atom stereocenters. The molecule has 1 N–H and O–H groups in total. The Hall–Kier alpha value is -1.55. The summed E-state index contributed by atoms with van der Waals surface area (Å²) in [6.45, 7) is 3.08. The number of methoxy groups -OCH3 is 1. The van der Waals surface area contributed by atoms with Gasteiger partial charge in [-0.3, -0.25) is 4.79 Å². The number of esters is 1. The average molecular weight is 249 g/mol. The molecule has 1 saturated heterocycles. The molecule has 0 spiro atoms. The Morgan fingerprint density at radius 2 is 2.33 bits per heavy atom. The van der Waals surface area contributed by atoms with E-state index in [1.807, 2.05) is 31.2 Å². The van der Waals surface area contributed by atoms with Crippen LogP contribution in [-0.4, -0.2) is 32.3 Å². The van der Waals surface area contributed by atoms with Crippen molar-refractivity contribution in [2.24, 2.45) is 0 Å². The van der Waals surface area contributed by atoms with Gasteiger partial charge in [0.2, 0.25) is 0 Å². The molecule has 1 aliphatic rings. The van der Waals surface area contributed by atoms with Gasteiger partial charge in [0.25, 0.3) is 0 Å². The van der Waals surface area contributed by atoms with Crippen LogP contribution in [0.25, 0.3) is 0 Å². The van der Waals surface area contributed by atoms with Crippen LogP contribution in [0.5, 0.6) is 5.75 Å². The van der Waals surface area contributed by atoms with Gasteiger partial charge in [-0.1, -0.05) is 12.1 Å². The van der Waals surface area contributed by atoms with Gasteiger partial charge in [-0.15, -0.1) is 0 Å². The van der Waals surface area contributed by atoms with Gasteiger partial charge in [-0.05, 0) is 37.6 Å². The molecule has 0 amide bonds. The molecule has 1 aromatic rings. The van der Waals surface area contributed by atoms with Crippen LogP contribution in [0, 0.1) is 0 Å². The van der Waals surface area contributed by atoms with Gasteiger partial charge in [0.05, 0.1) is 13.7 Å². The highest BCUT2D eigenvalue weighted by atomic mass is 16.5. The van der Waals surface area contributed by atoms with Crippen LogP contribution in [0.1, 0.15) is 24.8 Å². The van der Waals surface area contributed by atoms with Crippen molar-refractivity contribution in [2.45, 2.75) is 25.3 Å². The van der Waals surface area contributed by atoms with Crippen molar-refractivity contribution in [3.63, 3.8) is 0 Å². The van der Waals surface area contributed by atoms with Crippen LogP contribution in [0.15, 0.2) is 24.3 Å². The Labute approximate surface area is 107 Å².